The van der Waals surface area contributed by atoms with E-state index in [0.29, 0.717) is 0 Å². The smallest absolute Gasteiger partial charge is 0.120 e. The number of benzene rings is 1. The Bertz CT molecular complexity index is 354. The van der Waals surface area contributed by atoms with Gasteiger partial charge < -0.3 is 10.5 Å². The van der Waals surface area contributed by atoms with Crippen LogP contribution in [0.1, 0.15) is 39.5 Å². The summed E-state index contributed by atoms with van der Waals surface area (Å²) in [6, 6.07) is 5.87. The molecule has 1 aromatic rings. The quantitative estimate of drug-likeness (QED) is 0.553. The van der Waals surface area contributed by atoms with Crippen molar-refractivity contribution in [1.82, 2.24) is 0 Å². The van der Waals surface area contributed by atoms with Gasteiger partial charge in [0.15, 0.2) is 0 Å². The molecule has 0 aliphatic carbocycles. The molecule has 1 rings (SSSR count). The van der Waals surface area contributed by atoms with Crippen LogP contribution < -0.4 is 10.5 Å². The van der Waals surface area contributed by atoms with Gasteiger partial charge in [-0.05, 0) is 30.5 Å². The Balaban J connectivity index is 2.55. The molecule has 0 radical (unpaired) electrons. The van der Waals surface area contributed by atoms with E-state index in [2.05, 4.69) is 13.8 Å². The molecule has 0 heterocycles. The Labute approximate surface area is 115 Å². The molecule has 0 aliphatic heterocycles. The number of rotatable bonds is 8. The second kappa shape index (κ2) is 8.30. The lowest BCUT2D eigenvalue weighted by Gasteiger charge is -2.15. The van der Waals surface area contributed by atoms with Crippen LogP contribution in [-0.4, -0.2) is 12.9 Å². The van der Waals surface area contributed by atoms with Gasteiger partial charge >= 0.3 is 0 Å². The number of thioether (sulfide) groups is 1. The third-order valence-electron chi connectivity index (χ3n) is 3.24. The third-order valence-corrected chi connectivity index (χ3v) is 4.54. The minimum atomic E-state index is 0.792. The summed E-state index contributed by atoms with van der Waals surface area (Å²) in [6.07, 6.45) is 5.18. The molecule has 1 atom stereocenters. The van der Waals surface area contributed by atoms with Gasteiger partial charge in [-0.2, -0.15) is 0 Å². The highest BCUT2D eigenvalue weighted by Crippen LogP contribution is 2.31. The van der Waals surface area contributed by atoms with Crippen molar-refractivity contribution in [2.45, 2.75) is 44.4 Å². The Morgan fingerprint density at radius 2 is 2.11 bits per heavy atom. The molecule has 2 N–H and O–H groups in total. The topological polar surface area (TPSA) is 35.2 Å². The fourth-order valence-corrected chi connectivity index (χ4v) is 3.12. The molecule has 18 heavy (non-hydrogen) atoms. The molecule has 0 amide bonds. The summed E-state index contributed by atoms with van der Waals surface area (Å²) >= 11 is 1.85. The van der Waals surface area contributed by atoms with E-state index in [4.69, 9.17) is 10.5 Å². The van der Waals surface area contributed by atoms with Crippen molar-refractivity contribution in [1.29, 1.82) is 0 Å². The second-order valence-electron chi connectivity index (χ2n) is 4.63. The number of hydrogen-bond donors (Lipinski definition) is 1. The maximum Gasteiger partial charge on any atom is 0.120 e. The SMILES string of the molecule is CCCCC(CC)CSc1cc(OC)ccc1N. The molecule has 0 aromatic heterocycles. The van der Waals surface area contributed by atoms with Gasteiger partial charge in [-0.15, -0.1) is 11.8 Å². The molecule has 0 bridgehead atoms. The maximum absolute atomic E-state index is 6.00. The fraction of sp³-hybridized carbons (Fsp3) is 0.600. The van der Waals surface area contributed by atoms with Gasteiger partial charge in [0.2, 0.25) is 0 Å². The van der Waals surface area contributed by atoms with Crippen LogP contribution in [0.4, 0.5) is 5.69 Å². The molecule has 0 fully saturated rings. The largest absolute Gasteiger partial charge is 0.497 e. The highest BCUT2D eigenvalue weighted by molar-refractivity contribution is 7.99. The van der Waals surface area contributed by atoms with Crippen LogP contribution >= 0.6 is 11.8 Å². The Morgan fingerprint density at radius 3 is 2.72 bits per heavy atom. The number of nitrogen functional groups attached to an aromatic ring is 1. The summed E-state index contributed by atoms with van der Waals surface area (Å²) in [4.78, 5) is 1.14. The monoisotopic (exact) mass is 267 g/mol. The fourth-order valence-electron chi connectivity index (χ4n) is 1.87. The van der Waals surface area contributed by atoms with Crippen LogP contribution in [0.15, 0.2) is 23.1 Å². The number of methoxy groups -OCH3 is 1. The first kappa shape index (κ1) is 15.2. The standard InChI is InChI=1S/C15H25NOS/c1-4-6-7-12(5-2)11-18-15-10-13(17-3)8-9-14(15)16/h8-10,12H,4-7,11,16H2,1-3H3. The summed E-state index contributed by atoms with van der Waals surface area (Å²) < 4.78 is 5.24. The van der Waals surface area contributed by atoms with E-state index in [-0.39, 0.29) is 0 Å². The lowest BCUT2D eigenvalue weighted by molar-refractivity contribution is 0.414. The number of nitrogens with two attached hydrogens (primary N) is 1. The van der Waals surface area contributed by atoms with Gasteiger partial charge in [0.05, 0.1) is 7.11 Å². The van der Waals surface area contributed by atoms with E-state index >= 15 is 0 Å². The summed E-state index contributed by atoms with van der Waals surface area (Å²) in [5.41, 5.74) is 6.85. The van der Waals surface area contributed by atoms with Crippen LogP contribution in [0.2, 0.25) is 0 Å². The molecule has 0 saturated heterocycles. The number of hydrogen-bond acceptors (Lipinski definition) is 3. The highest BCUT2D eigenvalue weighted by Gasteiger charge is 2.09. The van der Waals surface area contributed by atoms with Crippen molar-refractivity contribution < 1.29 is 4.74 Å². The Kier molecular flexibility index (Phi) is 7.02. The van der Waals surface area contributed by atoms with Crippen molar-refractivity contribution in [3.8, 4) is 5.75 Å². The zero-order valence-corrected chi connectivity index (χ0v) is 12.6. The zero-order chi connectivity index (χ0) is 13.4. The van der Waals surface area contributed by atoms with E-state index in [0.717, 1.165) is 28.0 Å². The highest BCUT2D eigenvalue weighted by atomic mass is 32.2. The van der Waals surface area contributed by atoms with Gasteiger partial charge in [-0.3, -0.25) is 0 Å². The van der Waals surface area contributed by atoms with Crippen molar-refractivity contribution in [2.24, 2.45) is 5.92 Å². The first-order chi connectivity index (χ1) is 8.71. The summed E-state index contributed by atoms with van der Waals surface area (Å²) in [6.45, 7) is 4.52. The zero-order valence-electron chi connectivity index (χ0n) is 11.7. The number of ether oxygens (including phenoxy) is 1. The van der Waals surface area contributed by atoms with E-state index in [1.807, 2.05) is 30.0 Å². The molecule has 2 nitrogen and oxygen atoms in total. The predicted molar refractivity (Wildman–Crippen MR) is 81.4 cm³/mol. The van der Waals surface area contributed by atoms with Gasteiger partial charge in [-0.1, -0.05) is 33.1 Å². The van der Waals surface area contributed by atoms with E-state index in [9.17, 15) is 0 Å². The van der Waals surface area contributed by atoms with Crippen LogP contribution in [0, 0.1) is 5.92 Å². The van der Waals surface area contributed by atoms with Crippen molar-refractivity contribution in [3.63, 3.8) is 0 Å². The van der Waals surface area contributed by atoms with E-state index < -0.39 is 0 Å². The van der Waals surface area contributed by atoms with Gasteiger partial charge in [0.25, 0.3) is 0 Å². The molecular weight excluding hydrogens is 242 g/mol. The Hall–Kier alpha value is -0.830. The molecule has 0 saturated carbocycles. The average Bonchev–Trinajstić information content (AvgIpc) is 2.40. The lowest BCUT2D eigenvalue weighted by atomic mass is 10.0. The Morgan fingerprint density at radius 1 is 1.33 bits per heavy atom. The van der Waals surface area contributed by atoms with E-state index in [1.165, 1.54) is 25.7 Å². The molecular formula is C15H25NOS. The van der Waals surface area contributed by atoms with Crippen molar-refractivity contribution >= 4 is 17.4 Å². The predicted octanol–water partition coefficient (Wildman–Crippen LogP) is 4.59. The third kappa shape index (κ3) is 4.81. The maximum atomic E-state index is 6.00. The minimum absolute atomic E-state index is 0.792. The van der Waals surface area contributed by atoms with Crippen LogP contribution in [-0.2, 0) is 0 Å². The van der Waals surface area contributed by atoms with Crippen molar-refractivity contribution in [2.75, 3.05) is 18.6 Å². The molecule has 0 aliphatic rings. The van der Waals surface area contributed by atoms with Gasteiger partial charge in [-0.25, -0.2) is 0 Å². The lowest BCUT2D eigenvalue weighted by Crippen LogP contribution is -2.02. The summed E-state index contributed by atoms with van der Waals surface area (Å²) in [5.74, 6) is 2.82. The normalized spacial score (nSPS) is 12.4. The van der Waals surface area contributed by atoms with Gasteiger partial charge in [0, 0.05) is 16.3 Å². The van der Waals surface area contributed by atoms with Crippen LogP contribution in [0.3, 0.4) is 0 Å². The molecule has 1 unspecified atom stereocenters. The molecule has 0 spiro atoms. The number of anilines is 1. The van der Waals surface area contributed by atoms with Crippen LogP contribution in [0.5, 0.6) is 5.75 Å². The molecule has 1 aromatic carbocycles. The van der Waals surface area contributed by atoms with E-state index in [1.54, 1.807) is 7.11 Å². The van der Waals surface area contributed by atoms with Crippen LogP contribution in [0.25, 0.3) is 0 Å². The second-order valence-corrected chi connectivity index (χ2v) is 5.69. The first-order valence-electron chi connectivity index (χ1n) is 6.77. The molecule has 102 valence electrons. The first-order valence-corrected chi connectivity index (χ1v) is 7.76. The summed E-state index contributed by atoms with van der Waals surface area (Å²) in [7, 11) is 1.69. The average molecular weight is 267 g/mol. The molecule has 3 heteroatoms. The summed E-state index contributed by atoms with van der Waals surface area (Å²) in [5, 5.41) is 0. The minimum Gasteiger partial charge on any atom is -0.497 e. The number of unbranched alkanes of at least 4 members (excludes halogenated alkanes) is 1. The van der Waals surface area contributed by atoms with Crippen molar-refractivity contribution in [3.05, 3.63) is 18.2 Å². The van der Waals surface area contributed by atoms with Gasteiger partial charge in [0.1, 0.15) is 5.75 Å².